The van der Waals surface area contributed by atoms with Gasteiger partial charge in [0, 0.05) is 5.56 Å². The van der Waals surface area contributed by atoms with Crippen molar-refractivity contribution >= 4 is 58.0 Å². The van der Waals surface area contributed by atoms with Crippen molar-refractivity contribution in [3.05, 3.63) is 58.6 Å². The summed E-state index contributed by atoms with van der Waals surface area (Å²) in [7, 11) is 0. The number of halogens is 5. The largest absolute Gasteiger partial charge is 0.180 e. The van der Waals surface area contributed by atoms with Crippen LogP contribution in [0.2, 0.25) is 10.0 Å². The Morgan fingerprint density at radius 2 is 1.28 bits per heavy atom. The highest BCUT2D eigenvalue weighted by Crippen LogP contribution is 2.32. The van der Waals surface area contributed by atoms with E-state index in [4.69, 9.17) is 58.0 Å². The van der Waals surface area contributed by atoms with Gasteiger partial charge in [0.05, 0.1) is 10.0 Å². The minimum atomic E-state index is -0.750. The maximum atomic E-state index is 6.10. The van der Waals surface area contributed by atoms with Crippen LogP contribution in [-0.4, -0.2) is 4.30 Å². The van der Waals surface area contributed by atoms with Gasteiger partial charge in [-0.3, -0.25) is 0 Å². The van der Waals surface area contributed by atoms with E-state index in [0.717, 1.165) is 11.1 Å². The second-order valence-electron chi connectivity index (χ2n) is 3.21. The Morgan fingerprint density at radius 1 is 0.722 bits per heavy atom. The fraction of sp³-hybridized carbons (Fsp3) is 0.0769. The van der Waals surface area contributed by atoms with Crippen LogP contribution < -0.4 is 0 Å². The van der Waals surface area contributed by atoms with Crippen LogP contribution in [0.3, 0.4) is 0 Å². The number of rotatable bonds is 1. The average Bonchev–Trinajstić information content (AvgIpc) is 2.33. The molecule has 0 bridgehead atoms. The first-order valence-corrected chi connectivity index (χ1v) is 7.00. The molecular weight excluding hydrogens is 333 g/mol. The van der Waals surface area contributed by atoms with E-state index in [1.807, 2.05) is 42.5 Å². The maximum absolute atomic E-state index is 6.10. The minimum Gasteiger partial charge on any atom is -0.0874 e. The van der Waals surface area contributed by atoms with Crippen molar-refractivity contribution in [2.24, 2.45) is 0 Å². The van der Waals surface area contributed by atoms with Gasteiger partial charge in [-0.25, -0.2) is 0 Å². The second kappa shape index (κ2) is 8.14. The van der Waals surface area contributed by atoms with Crippen LogP contribution in [0.1, 0.15) is 0 Å². The molecule has 0 aliphatic rings. The van der Waals surface area contributed by atoms with E-state index < -0.39 is 4.30 Å². The molecule has 0 amide bonds. The highest BCUT2D eigenvalue weighted by Gasteiger charge is 2.05. The summed E-state index contributed by atoms with van der Waals surface area (Å²) in [6.45, 7) is 0. The molecule has 0 fully saturated rings. The number of alkyl halides is 3. The zero-order chi connectivity index (χ0) is 13.5. The summed E-state index contributed by atoms with van der Waals surface area (Å²) in [5, 5.41) is 1.20. The van der Waals surface area contributed by atoms with Crippen LogP contribution in [0.4, 0.5) is 0 Å². The third kappa shape index (κ3) is 5.26. The van der Waals surface area contributed by atoms with E-state index in [1.165, 1.54) is 0 Å². The zero-order valence-corrected chi connectivity index (χ0v) is 12.9. The van der Waals surface area contributed by atoms with Crippen molar-refractivity contribution in [1.82, 2.24) is 0 Å². The molecule has 0 nitrogen and oxygen atoms in total. The molecule has 0 unspecified atom stereocenters. The Hall–Kier alpha value is -0.110. The second-order valence-corrected chi connectivity index (χ2v) is 5.98. The first kappa shape index (κ1) is 15.9. The summed E-state index contributed by atoms with van der Waals surface area (Å²) in [5.41, 5.74) is 2.06. The maximum Gasteiger partial charge on any atom is 0.180 e. The normalized spacial score (nSPS) is 9.89. The van der Waals surface area contributed by atoms with Crippen molar-refractivity contribution in [3.63, 3.8) is 0 Å². The van der Waals surface area contributed by atoms with E-state index >= 15 is 0 Å². The molecule has 0 heterocycles. The van der Waals surface area contributed by atoms with E-state index in [-0.39, 0.29) is 0 Å². The molecule has 0 N–H and O–H groups in total. The third-order valence-electron chi connectivity index (χ3n) is 2.04. The van der Waals surface area contributed by atoms with Crippen LogP contribution in [0.25, 0.3) is 11.1 Å². The molecule has 96 valence electrons. The number of benzene rings is 2. The fourth-order valence-electron chi connectivity index (χ4n) is 1.34. The molecule has 0 radical (unpaired) electrons. The van der Waals surface area contributed by atoms with Crippen molar-refractivity contribution in [2.75, 3.05) is 0 Å². The molecule has 2 aromatic carbocycles. The van der Waals surface area contributed by atoms with Crippen molar-refractivity contribution in [3.8, 4) is 11.1 Å². The molecule has 2 rings (SSSR count). The predicted octanol–water partition coefficient (Wildman–Crippen LogP) is 6.65. The molecule has 0 spiro atoms. The smallest absolute Gasteiger partial charge is 0.0874 e. The summed E-state index contributed by atoms with van der Waals surface area (Å²) < 4.78 is -0.750. The highest BCUT2D eigenvalue weighted by molar-refractivity contribution is 6.63. The summed E-state index contributed by atoms with van der Waals surface area (Å²) >= 11 is 26.4. The Morgan fingerprint density at radius 3 is 1.83 bits per heavy atom. The molecule has 0 aromatic heterocycles. The van der Waals surface area contributed by atoms with Crippen molar-refractivity contribution in [1.29, 1.82) is 0 Å². The van der Waals surface area contributed by atoms with Gasteiger partial charge in [-0.05, 0) is 11.6 Å². The van der Waals surface area contributed by atoms with Crippen LogP contribution in [0, 0.1) is 0 Å². The van der Waals surface area contributed by atoms with Gasteiger partial charge in [-0.2, -0.15) is 0 Å². The van der Waals surface area contributed by atoms with Gasteiger partial charge in [0.25, 0.3) is 0 Å². The summed E-state index contributed by atoms with van der Waals surface area (Å²) in [6.07, 6.45) is 0. The minimum absolute atomic E-state index is 0.591. The standard InChI is InChI=1S/C12H8Cl2.CHCl3/c13-11-8-4-7-10(12(11)14)9-5-2-1-3-6-9;2-1(3)4/h1-8H;1H. The van der Waals surface area contributed by atoms with Gasteiger partial charge >= 0.3 is 0 Å². The van der Waals surface area contributed by atoms with Gasteiger partial charge in [0.2, 0.25) is 0 Å². The summed E-state index contributed by atoms with van der Waals surface area (Å²) in [5.74, 6) is 0. The Balaban J connectivity index is 0.000000357. The first-order chi connectivity index (χ1) is 8.52. The Labute approximate surface area is 131 Å². The third-order valence-corrected chi connectivity index (χ3v) is 2.86. The van der Waals surface area contributed by atoms with E-state index in [0.29, 0.717) is 10.0 Å². The quantitative estimate of drug-likeness (QED) is 0.509. The molecule has 2 aromatic rings. The Bertz CT molecular complexity index is 479. The molecule has 0 aliphatic carbocycles. The number of hydrogen-bond acceptors (Lipinski definition) is 0. The Kier molecular flexibility index (Phi) is 7.21. The lowest BCUT2D eigenvalue weighted by molar-refractivity contribution is 1.62. The fourth-order valence-corrected chi connectivity index (χ4v) is 1.75. The van der Waals surface area contributed by atoms with Gasteiger partial charge in [0.1, 0.15) is 0 Å². The van der Waals surface area contributed by atoms with Crippen molar-refractivity contribution in [2.45, 2.75) is 4.30 Å². The zero-order valence-electron chi connectivity index (χ0n) is 9.09. The lowest BCUT2D eigenvalue weighted by Crippen LogP contribution is -1.79. The van der Waals surface area contributed by atoms with Gasteiger partial charge in [-0.1, -0.05) is 100 Å². The van der Waals surface area contributed by atoms with Crippen molar-refractivity contribution < 1.29 is 0 Å². The van der Waals surface area contributed by atoms with Crippen LogP contribution in [-0.2, 0) is 0 Å². The predicted molar refractivity (Wildman–Crippen MR) is 83.2 cm³/mol. The molecular formula is C13H9Cl5. The molecule has 0 aliphatic heterocycles. The molecule has 0 saturated heterocycles. The SMILES string of the molecule is ClC(Cl)Cl.Clc1cccc(-c2ccccc2)c1Cl. The number of hydrogen-bond donors (Lipinski definition) is 0. The highest BCUT2D eigenvalue weighted by atomic mass is 35.6. The van der Waals surface area contributed by atoms with Crippen LogP contribution >= 0.6 is 58.0 Å². The van der Waals surface area contributed by atoms with E-state index in [1.54, 1.807) is 6.07 Å². The lowest BCUT2D eigenvalue weighted by Gasteiger charge is -2.04. The topological polar surface area (TPSA) is 0 Å². The molecule has 18 heavy (non-hydrogen) atoms. The molecule has 0 saturated carbocycles. The monoisotopic (exact) mass is 340 g/mol. The van der Waals surface area contributed by atoms with Crippen LogP contribution in [0.5, 0.6) is 0 Å². The first-order valence-electron chi connectivity index (χ1n) is 4.94. The lowest BCUT2D eigenvalue weighted by atomic mass is 10.1. The summed E-state index contributed by atoms with van der Waals surface area (Å²) in [6, 6.07) is 15.6. The van der Waals surface area contributed by atoms with E-state index in [9.17, 15) is 0 Å². The van der Waals surface area contributed by atoms with E-state index in [2.05, 4.69) is 0 Å². The molecule has 5 heteroatoms. The summed E-state index contributed by atoms with van der Waals surface area (Å²) in [4.78, 5) is 0. The molecule has 0 atom stereocenters. The van der Waals surface area contributed by atoms with Gasteiger partial charge < -0.3 is 0 Å². The van der Waals surface area contributed by atoms with Crippen LogP contribution in [0.15, 0.2) is 48.5 Å². The van der Waals surface area contributed by atoms with Gasteiger partial charge in [-0.15, -0.1) is 0 Å². The average molecular weight is 342 g/mol. The van der Waals surface area contributed by atoms with Gasteiger partial charge in [0.15, 0.2) is 4.30 Å².